The van der Waals surface area contributed by atoms with E-state index in [0.29, 0.717) is 0 Å². The Hall–Kier alpha value is -0.130. The lowest BCUT2D eigenvalue weighted by molar-refractivity contribution is 0.381. The fraction of sp³-hybridized carbons (Fsp3) is 1.00. The number of nitrogens with zero attached hydrogens (tertiary/aromatic N) is 1. The van der Waals surface area contributed by atoms with E-state index in [4.69, 9.17) is 5.73 Å². The molecule has 4 nitrogen and oxygen atoms in total. The monoisotopic (exact) mass is 194 g/mol. The molecule has 0 aromatic heterocycles. The third kappa shape index (κ3) is 3.08. The first-order valence-electron chi connectivity index (χ1n) is 4.11. The lowest BCUT2D eigenvalue weighted by Crippen LogP contribution is -2.37. The Balaban J connectivity index is 4.35. The van der Waals surface area contributed by atoms with Crippen molar-refractivity contribution >= 4 is 10.0 Å². The summed E-state index contributed by atoms with van der Waals surface area (Å²) in [5.41, 5.74) is 5.19. The van der Waals surface area contributed by atoms with Gasteiger partial charge in [-0.05, 0) is 13.3 Å². The van der Waals surface area contributed by atoms with Crippen LogP contribution in [0.5, 0.6) is 0 Å². The molecule has 0 radical (unpaired) electrons. The van der Waals surface area contributed by atoms with E-state index < -0.39 is 10.0 Å². The van der Waals surface area contributed by atoms with Crippen molar-refractivity contribution in [3.05, 3.63) is 0 Å². The van der Waals surface area contributed by atoms with Gasteiger partial charge < -0.3 is 5.73 Å². The Kier molecular flexibility index (Phi) is 4.74. The molecule has 0 spiro atoms. The normalized spacial score (nSPS) is 15.1. The SMILES string of the molecule is CCC(C)N(C)S(=O)(=O)CCN. The summed E-state index contributed by atoms with van der Waals surface area (Å²) in [6.07, 6.45) is 0.820. The standard InChI is InChI=1S/C7H18N2O2S/c1-4-7(2)9(3)12(10,11)6-5-8/h7H,4-6,8H2,1-3H3. The van der Waals surface area contributed by atoms with Crippen molar-refractivity contribution in [1.29, 1.82) is 0 Å². The highest BCUT2D eigenvalue weighted by Crippen LogP contribution is 2.06. The van der Waals surface area contributed by atoms with Crippen molar-refractivity contribution in [3.63, 3.8) is 0 Å². The van der Waals surface area contributed by atoms with Crippen LogP contribution in [0.4, 0.5) is 0 Å². The highest BCUT2D eigenvalue weighted by molar-refractivity contribution is 7.89. The molecule has 0 aliphatic heterocycles. The molecule has 0 rings (SSSR count). The molecule has 0 saturated carbocycles. The summed E-state index contributed by atoms with van der Waals surface area (Å²) in [6.45, 7) is 4.02. The maximum atomic E-state index is 11.4. The van der Waals surface area contributed by atoms with Gasteiger partial charge in [0.25, 0.3) is 0 Å². The van der Waals surface area contributed by atoms with E-state index in [1.165, 1.54) is 4.31 Å². The van der Waals surface area contributed by atoms with Crippen LogP contribution < -0.4 is 5.73 Å². The van der Waals surface area contributed by atoms with Crippen molar-refractivity contribution < 1.29 is 8.42 Å². The maximum absolute atomic E-state index is 11.4. The third-order valence-corrected chi connectivity index (χ3v) is 4.02. The summed E-state index contributed by atoms with van der Waals surface area (Å²) in [7, 11) is -1.52. The Labute approximate surface area is 74.8 Å². The smallest absolute Gasteiger partial charge is 0.215 e. The Morgan fingerprint density at radius 1 is 1.50 bits per heavy atom. The lowest BCUT2D eigenvalue weighted by atomic mass is 10.3. The largest absolute Gasteiger partial charge is 0.329 e. The molecule has 12 heavy (non-hydrogen) atoms. The molecule has 0 aromatic rings. The first kappa shape index (κ1) is 11.9. The van der Waals surface area contributed by atoms with E-state index in [0.717, 1.165) is 6.42 Å². The number of rotatable bonds is 5. The van der Waals surface area contributed by atoms with E-state index in [9.17, 15) is 8.42 Å². The van der Waals surface area contributed by atoms with Gasteiger partial charge in [-0.2, -0.15) is 0 Å². The van der Waals surface area contributed by atoms with Gasteiger partial charge in [-0.25, -0.2) is 12.7 Å². The van der Waals surface area contributed by atoms with E-state index in [1.807, 2.05) is 13.8 Å². The predicted molar refractivity (Wildman–Crippen MR) is 50.4 cm³/mol. The molecule has 74 valence electrons. The number of hydrogen-bond acceptors (Lipinski definition) is 3. The summed E-state index contributed by atoms with van der Waals surface area (Å²) in [5.74, 6) is 0.0356. The number of hydrogen-bond donors (Lipinski definition) is 1. The fourth-order valence-corrected chi connectivity index (χ4v) is 2.11. The zero-order valence-corrected chi connectivity index (χ0v) is 8.76. The summed E-state index contributed by atoms with van der Waals surface area (Å²) in [4.78, 5) is 0. The average Bonchev–Trinajstić information content (AvgIpc) is 2.01. The second-order valence-electron chi connectivity index (χ2n) is 2.88. The van der Waals surface area contributed by atoms with Gasteiger partial charge in [0, 0.05) is 19.6 Å². The molecule has 5 heteroatoms. The molecule has 0 aliphatic carbocycles. The predicted octanol–water partition coefficient (Wildman–Crippen LogP) is 0.00520. The van der Waals surface area contributed by atoms with E-state index in [2.05, 4.69) is 0 Å². The molecule has 0 aliphatic rings. The molecule has 0 heterocycles. The van der Waals surface area contributed by atoms with Crippen LogP contribution in [0, 0.1) is 0 Å². The topological polar surface area (TPSA) is 63.4 Å². The summed E-state index contributed by atoms with van der Waals surface area (Å²) in [6, 6.07) is 0.0570. The van der Waals surface area contributed by atoms with Crippen LogP contribution in [-0.2, 0) is 10.0 Å². The van der Waals surface area contributed by atoms with E-state index >= 15 is 0 Å². The summed E-state index contributed by atoms with van der Waals surface area (Å²) < 4.78 is 24.1. The molecule has 2 N–H and O–H groups in total. The number of nitrogens with two attached hydrogens (primary N) is 1. The lowest BCUT2D eigenvalue weighted by Gasteiger charge is -2.22. The minimum Gasteiger partial charge on any atom is -0.329 e. The van der Waals surface area contributed by atoms with Crippen molar-refractivity contribution in [2.75, 3.05) is 19.3 Å². The third-order valence-electron chi connectivity index (χ3n) is 2.03. The van der Waals surface area contributed by atoms with Crippen LogP contribution in [0.1, 0.15) is 20.3 Å². The zero-order valence-electron chi connectivity index (χ0n) is 7.95. The van der Waals surface area contributed by atoms with Crippen molar-refractivity contribution in [2.45, 2.75) is 26.3 Å². The minimum absolute atomic E-state index is 0.0356. The van der Waals surface area contributed by atoms with E-state index in [-0.39, 0.29) is 18.3 Å². The molecule has 0 amide bonds. The van der Waals surface area contributed by atoms with Crippen molar-refractivity contribution in [2.24, 2.45) is 5.73 Å². The van der Waals surface area contributed by atoms with Gasteiger partial charge in [-0.15, -0.1) is 0 Å². The van der Waals surface area contributed by atoms with Crippen LogP contribution in [-0.4, -0.2) is 38.1 Å². The highest BCUT2D eigenvalue weighted by Gasteiger charge is 2.20. The van der Waals surface area contributed by atoms with Gasteiger partial charge in [0.05, 0.1) is 5.75 Å². The van der Waals surface area contributed by atoms with Gasteiger partial charge >= 0.3 is 0 Å². The molecule has 0 fully saturated rings. The molecular weight excluding hydrogens is 176 g/mol. The molecule has 1 unspecified atom stereocenters. The minimum atomic E-state index is -3.11. The number of sulfonamides is 1. The van der Waals surface area contributed by atoms with E-state index in [1.54, 1.807) is 7.05 Å². The van der Waals surface area contributed by atoms with Crippen molar-refractivity contribution in [1.82, 2.24) is 4.31 Å². The van der Waals surface area contributed by atoms with Gasteiger partial charge in [0.1, 0.15) is 0 Å². The van der Waals surface area contributed by atoms with Gasteiger partial charge in [-0.1, -0.05) is 6.92 Å². The second kappa shape index (κ2) is 4.79. The van der Waals surface area contributed by atoms with Crippen LogP contribution in [0.15, 0.2) is 0 Å². The summed E-state index contributed by atoms with van der Waals surface area (Å²) >= 11 is 0. The van der Waals surface area contributed by atoms with Crippen LogP contribution in [0.25, 0.3) is 0 Å². The first-order chi connectivity index (χ1) is 5.45. The Morgan fingerprint density at radius 2 is 2.00 bits per heavy atom. The maximum Gasteiger partial charge on any atom is 0.215 e. The van der Waals surface area contributed by atoms with Crippen LogP contribution in [0.3, 0.4) is 0 Å². The quantitative estimate of drug-likeness (QED) is 0.670. The zero-order chi connectivity index (χ0) is 9.78. The summed E-state index contributed by atoms with van der Waals surface area (Å²) in [5, 5.41) is 0. The second-order valence-corrected chi connectivity index (χ2v) is 5.03. The van der Waals surface area contributed by atoms with Crippen molar-refractivity contribution in [3.8, 4) is 0 Å². The van der Waals surface area contributed by atoms with Gasteiger partial charge in [-0.3, -0.25) is 0 Å². The van der Waals surface area contributed by atoms with Crippen LogP contribution >= 0.6 is 0 Å². The Bertz CT molecular complexity index is 213. The molecule has 0 bridgehead atoms. The molecule has 0 aromatic carbocycles. The van der Waals surface area contributed by atoms with Gasteiger partial charge in [0.2, 0.25) is 10.0 Å². The fourth-order valence-electron chi connectivity index (χ4n) is 0.824. The molecule has 0 saturated heterocycles. The van der Waals surface area contributed by atoms with Crippen LogP contribution in [0.2, 0.25) is 0 Å². The first-order valence-corrected chi connectivity index (χ1v) is 5.72. The van der Waals surface area contributed by atoms with Gasteiger partial charge in [0.15, 0.2) is 0 Å². The molecule has 1 atom stereocenters. The molecular formula is C7H18N2O2S. The average molecular weight is 194 g/mol. The Morgan fingerprint density at radius 3 is 2.33 bits per heavy atom. The highest BCUT2D eigenvalue weighted by atomic mass is 32.2.